The van der Waals surface area contributed by atoms with Crippen LogP contribution in [-0.4, -0.2) is 12.1 Å². The molecule has 1 aromatic rings. The smallest absolute Gasteiger partial charge is 0.135 e. The van der Waals surface area contributed by atoms with Crippen molar-refractivity contribution >= 4 is 5.97 Å². The molecule has 1 rings (SSSR count). The van der Waals surface area contributed by atoms with Crippen LogP contribution in [0.1, 0.15) is 18.1 Å². The summed E-state index contributed by atoms with van der Waals surface area (Å²) in [6, 6.07) is 5.54. The molecule has 0 radical (unpaired) electrons. The number of aliphatic carboxylic acids is 1. The van der Waals surface area contributed by atoms with Gasteiger partial charge in [0.05, 0.1) is 5.97 Å². The van der Waals surface area contributed by atoms with Gasteiger partial charge < -0.3 is 14.6 Å². The molecule has 0 bridgehead atoms. The molecule has 0 saturated heterocycles. The van der Waals surface area contributed by atoms with Crippen LogP contribution in [0.25, 0.3) is 0 Å². The molecule has 0 heterocycles. The maximum Gasteiger partial charge on any atom is 0.135 e. The fourth-order valence-electron chi connectivity index (χ4n) is 1.09. The lowest BCUT2D eigenvalue weighted by atomic mass is 10.1. The molecule has 14 heavy (non-hydrogen) atoms. The predicted octanol–water partition coefficient (Wildman–Crippen LogP) is 0.821. The average molecular weight is 193 g/mol. The zero-order chi connectivity index (χ0) is 10.7. The van der Waals surface area contributed by atoms with Crippen LogP contribution in [0.15, 0.2) is 18.2 Å². The van der Waals surface area contributed by atoms with Crippen LogP contribution >= 0.6 is 0 Å². The number of hydrogen-bond acceptors (Lipinski definition) is 3. The second-order valence-corrected chi connectivity index (χ2v) is 3.28. The minimum absolute atomic E-state index is 0.599. The van der Waals surface area contributed by atoms with Gasteiger partial charge in [0.2, 0.25) is 0 Å². The molecule has 0 unspecified atom stereocenters. The van der Waals surface area contributed by atoms with E-state index in [1.54, 1.807) is 6.07 Å². The van der Waals surface area contributed by atoms with Crippen molar-refractivity contribution < 1.29 is 14.6 Å². The average Bonchev–Trinajstić information content (AvgIpc) is 2.12. The van der Waals surface area contributed by atoms with Crippen molar-refractivity contribution in [1.82, 2.24) is 0 Å². The van der Waals surface area contributed by atoms with Crippen molar-refractivity contribution in [1.29, 1.82) is 0 Å². The van der Waals surface area contributed by atoms with Crippen molar-refractivity contribution in [2.24, 2.45) is 0 Å². The van der Waals surface area contributed by atoms with Crippen molar-refractivity contribution in [3.8, 4) is 5.75 Å². The second-order valence-electron chi connectivity index (χ2n) is 3.28. The Labute approximate surface area is 83.3 Å². The van der Waals surface area contributed by atoms with Gasteiger partial charge in [-0.25, -0.2) is 0 Å². The normalized spacial score (nSPS) is 12.2. The number of carbonyl (C=O) groups excluding carboxylic acids is 1. The van der Waals surface area contributed by atoms with E-state index in [1.165, 1.54) is 6.92 Å². The third-order valence-electron chi connectivity index (χ3n) is 2.19. The lowest BCUT2D eigenvalue weighted by Gasteiger charge is -2.17. The van der Waals surface area contributed by atoms with E-state index in [-0.39, 0.29) is 0 Å². The number of carboxylic acid groups (broad SMARTS) is 1. The first-order chi connectivity index (χ1) is 6.52. The van der Waals surface area contributed by atoms with Crippen molar-refractivity contribution in [3.05, 3.63) is 29.3 Å². The number of aryl methyl sites for hydroxylation is 1. The number of ether oxygens (including phenoxy) is 1. The third kappa shape index (κ3) is 2.25. The number of benzene rings is 1. The van der Waals surface area contributed by atoms with Gasteiger partial charge in [-0.15, -0.1) is 0 Å². The molecule has 3 heteroatoms. The van der Waals surface area contributed by atoms with Crippen LogP contribution in [0.5, 0.6) is 5.75 Å². The molecule has 0 aromatic heterocycles. The molecule has 0 N–H and O–H groups in total. The predicted molar refractivity (Wildman–Crippen MR) is 51.0 cm³/mol. The molecular formula is C11H13O3-. The molecule has 0 aliphatic heterocycles. The van der Waals surface area contributed by atoms with Crippen LogP contribution in [0, 0.1) is 13.8 Å². The Balaban J connectivity index is 2.87. The van der Waals surface area contributed by atoms with E-state index in [9.17, 15) is 9.90 Å². The fourth-order valence-corrected chi connectivity index (χ4v) is 1.09. The molecule has 1 atom stereocenters. The monoisotopic (exact) mass is 193 g/mol. The zero-order valence-corrected chi connectivity index (χ0v) is 8.53. The topological polar surface area (TPSA) is 49.4 Å². The number of carbonyl (C=O) groups is 1. The number of rotatable bonds is 3. The van der Waals surface area contributed by atoms with Gasteiger partial charge in [-0.05, 0) is 38.0 Å². The molecule has 0 saturated carbocycles. The molecule has 76 valence electrons. The highest BCUT2D eigenvalue weighted by Crippen LogP contribution is 2.21. The Morgan fingerprint density at radius 1 is 1.43 bits per heavy atom. The maximum atomic E-state index is 10.5. The van der Waals surface area contributed by atoms with E-state index in [1.807, 2.05) is 26.0 Å². The Bertz CT molecular complexity index is 344. The highest BCUT2D eigenvalue weighted by molar-refractivity contribution is 5.70. The van der Waals surface area contributed by atoms with Gasteiger partial charge in [0.15, 0.2) is 0 Å². The van der Waals surface area contributed by atoms with E-state index >= 15 is 0 Å². The van der Waals surface area contributed by atoms with E-state index in [2.05, 4.69) is 0 Å². The molecule has 0 aliphatic carbocycles. The summed E-state index contributed by atoms with van der Waals surface area (Å²) in [5.74, 6) is -0.604. The lowest BCUT2D eigenvalue weighted by Crippen LogP contribution is -2.37. The summed E-state index contributed by atoms with van der Waals surface area (Å²) in [4.78, 5) is 10.5. The maximum absolute atomic E-state index is 10.5. The summed E-state index contributed by atoms with van der Waals surface area (Å²) in [6.07, 6.45) is -0.921. The van der Waals surface area contributed by atoms with Gasteiger partial charge >= 0.3 is 0 Å². The summed E-state index contributed by atoms with van der Waals surface area (Å²) in [6.45, 7) is 5.30. The SMILES string of the molecule is Cc1cccc(O[C@H](C)C(=O)[O-])c1C. The molecule has 0 aliphatic rings. The van der Waals surface area contributed by atoms with E-state index < -0.39 is 12.1 Å². The van der Waals surface area contributed by atoms with Gasteiger partial charge in [0.1, 0.15) is 11.9 Å². The van der Waals surface area contributed by atoms with E-state index in [4.69, 9.17) is 4.74 Å². The first-order valence-electron chi connectivity index (χ1n) is 4.46. The second kappa shape index (κ2) is 4.13. The van der Waals surface area contributed by atoms with Gasteiger partial charge in [-0.2, -0.15) is 0 Å². The van der Waals surface area contributed by atoms with Crippen molar-refractivity contribution in [2.45, 2.75) is 26.9 Å². The fraction of sp³-hybridized carbons (Fsp3) is 0.364. The summed E-state index contributed by atoms with van der Waals surface area (Å²) in [5.41, 5.74) is 2.04. The Kier molecular flexibility index (Phi) is 3.12. The first-order valence-corrected chi connectivity index (χ1v) is 4.46. The van der Waals surface area contributed by atoms with Gasteiger partial charge in [-0.3, -0.25) is 0 Å². The van der Waals surface area contributed by atoms with E-state index in [0.717, 1.165) is 11.1 Å². The van der Waals surface area contributed by atoms with Crippen molar-refractivity contribution in [3.63, 3.8) is 0 Å². The van der Waals surface area contributed by atoms with Crippen LogP contribution < -0.4 is 9.84 Å². The quantitative estimate of drug-likeness (QED) is 0.714. The van der Waals surface area contributed by atoms with Crippen LogP contribution in [-0.2, 0) is 4.79 Å². The number of carboxylic acids is 1. The Morgan fingerprint density at radius 2 is 2.07 bits per heavy atom. The first kappa shape index (κ1) is 10.6. The molecule has 0 spiro atoms. The highest BCUT2D eigenvalue weighted by Gasteiger charge is 2.07. The minimum atomic E-state index is -1.20. The number of hydrogen-bond donors (Lipinski definition) is 0. The van der Waals surface area contributed by atoms with Gasteiger partial charge in [0.25, 0.3) is 0 Å². The molecular weight excluding hydrogens is 180 g/mol. The Hall–Kier alpha value is -1.51. The van der Waals surface area contributed by atoms with Crippen LogP contribution in [0.3, 0.4) is 0 Å². The zero-order valence-electron chi connectivity index (χ0n) is 8.53. The van der Waals surface area contributed by atoms with Crippen LogP contribution in [0.4, 0.5) is 0 Å². The van der Waals surface area contributed by atoms with Crippen molar-refractivity contribution in [2.75, 3.05) is 0 Å². The van der Waals surface area contributed by atoms with Crippen LogP contribution in [0.2, 0.25) is 0 Å². The Morgan fingerprint density at radius 3 is 2.64 bits per heavy atom. The summed E-state index contributed by atoms with van der Waals surface area (Å²) in [5, 5.41) is 10.5. The molecule has 0 amide bonds. The lowest BCUT2D eigenvalue weighted by molar-refractivity contribution is -0.312. The summed E-state index contributed by atoms with van der Waals surface area (Å²) < 4.78 is 5.23. The summed E-state index contributed by atoms with van der Waals surface area (Å²) in [7, 11) is 0. The standard InChI is InChI=1S/C11H14O3/c1-7-5-4-6-10(8(7)2)14-9(3)11(12)13/h4-6,9H,1-3H3,(H,12,13)/p-1/t9-/m1/s1. The molecule has 3 nitrogen and oxygen atoms in total. The summed E-state index contributed by atoms with van der Waals surface area (Å²) >= 11 is 0. The van der Waals surface area contributed by atoms with E-state index in [0.29, 0.717) is 5.75 Å². The van der Waals surface area contributed by atoms with Gasteiger partial charge in [-0.1, -0.05) is 12.1 Å². The van der Waals surface area contributed by atoms with Gasteiger partial charge in [0, 0.05) is 0 Å². The molecule has 0 fully saturated rings. The highest BCUT2D eigenvalue weighted by atomic mass is 16.5. The largest absolute Gasteiger partial charge is 0.546 e. The minimum Gasteiger partial charge on any atom is -0.546 e. The third-order valence-corrected chi connectivity index (χ3v) is 2.19. The molecule has 1 aromatic carbocycles.